The third kappa shape index (κ3) is 3.64. The van der Waals surface area contributed by atoms with Crippen molar-refractivity contribution in [3.8, 4) is 0 Å². The second kappa shape index (κ2) is 5.79. The number of thiophene rings is 1. The summed E-state index contributed by atoms with van der Waals surface area (Å²) >= 11 is 1.72. The smallest absolute Gasteiger partial charge is 0.240 e. The van der Waals surface area contributed by atoms with E-state index in [9.17, 15) is 8.42 Å². The van der Waals surface area contributed by atoms with Crippen LogP contribution in [-0.4, -0.2) is 14.5 Å². The number of sulfonamides is 1. The van der Waals surface area contributed by atoms with Gasteiger partial charge < -0.3 is 5.32 Å². The van der Waals surface area contributed by atoms with Gasteiger partial charge in [0.05, 0.1) is 4.90 Å². The van der Waals surface area contributed by atoms with Crippen LogP contribution in [0, 0.1) is 6.92 Å². The topological polar surface area (TPSA) is 58.2 Å². The Morgan fingerprint density at radius 1 is 1.19 bits per heavy atom. The minimum absolute atomic E-state index is 0.134. The quantitative estimate of drug-likeness (QED) is 0.859. The number of hydrogen-bond donors (Lipinski definition) is 2. The van der Waals surface area contributed by atoms with Crippen molar-refractivity contribution in [3.63, 3.8) is 0 Å². The highest BCUT2D eigenvalue weighted by atomic mass is 32.2. The van der Waals surface area contributed by atoms with Crippen LogP contribution in [-0.2, 0) is 16.6 Å². The zero-order valence-corrected chi connectivity index (χ0v) is 13.4. The first kappa shape index (κ1) is 14.6. The van der Waals surface area contributed by atoms with Gasteiger partial charge in [-0.15, -0.1) is 11.3 Å². The summed E-state index contributed by atoms with van der Waals surface area (Å²) in [5, 5.41) is 5.39. The molecular formula is C15H18N2O2S2. The molecule has 4 nitrogen and oxygen atoms in total. The Morgan fingerprint density at radius 3 is 2.48 bits per heavy atom. The summed E-state index contributed by atoms with van der Waals surface area (Å²) in [4.78, 5) is 1.62. The molecule has 21 heavy (non-hydrogen) atoms. The van der Waals surface area contributed by atoms with Gasteiger partial charge in [0.2, 0.25) is 10.0 Å². The fraction of sp³-hybridized carbons (Fsp3) is 0.333. The SMILES string of the molecule is Cc1ccsc1CNc1ccc(S(=O)(=O)NC2CC2)cc1. The fourth-order valence-electron chi connectivity index (χ4n) is 2.01. The van der Waals surface area contributed by atoms with Gasteiger partial charge in [-0.2, -0.15) is 0 Å². The van der Waals surface area contributed by atoms with Crippen LogP contribution in [0.3, 0.4) is 0 Å². The summed E-state index contributed by atoms with van der Waals surface area (Å²) in [5.74, 6) is 0. The molecule has 112 valence electrons. The first-order valence-corrected chi connectivity index (χ1v) is 9.30. The van der Waals surface area contributed by atoms with Gasteiger partial charge in [0.15, 0.2) is 0 Å². The summed E-state index contributed by atoms with van der Waals surface area (Å²) in [6, 6.07) is 9.15. The van der Waals surface area contributed by atoms with E-state index in [0.717, 1.165) is 25.1 Å². The number of aryl methyl sites for hydroxylation is 1. The molecule has 0 aliphatic heterocycles. The third-order valence-electron chi connectivity index (χ3n) is 3.49. The molecule has 1 aliphatic carbocycles. The predicted molar refractivity (Wildman–Crippen MR) is 86.2 cm³/mol. The van der Waals surface area contributed by atoms with Gasteiger partial charge >= 0.3 is 0 Å². The molecule has 3 rings (SSSR count). The average Bonchev–Trinajstić information content (AvgIpc) is 3.16. The van der Waals surface area contributed by atoms with Crippen LogP contribution in [0.4, 0.5) is 5.69 Å². The molecule has 1 heterocycles. The first-order valence-electron chi connectivity index (χ1n) is 6.94. The lowest BCUT2D eigenvalue weighted by Crippen LogP contribution is -2.25. The molecule has 1 aromatic carbocycles. The first-order chi connectivity index (χ1) is 10.0. The maximum Gasteiger partial charge on any atom is 0.240 e. The highest BCUT2D eigenvalue weighted by molar-refractivity contribution is 7.89. The summed E-state index contributed by atoms with van der Waals surface area (Å²) in [6.07, 6.45) is 1.89. The van der Waals surface area contributed by atoms with E-state index in [-0.39, 0.29) is 6.04 Å². The fourth-order valence-corrected chi connectivity index (χ4v) is 4.16. The van der Waals surface area contributed by atoms with Gasteiger partial charge in [-0.25, -0.2) is 13.1 Å². The number of rotatable bonds is 6. The molecule has 0 unspecified atom stereocenters. The van der Waals surface area contributed by atoms with E-state index in [2.05, 4.69) is 28.4 Å². The second-order valence-electron chi connectivity index (χ2n) is 5.30. The largest absolute Gasteiger partial charge is 0.380 e. The van der Waals surface area contributed by atoms with Crippen LogP contribution in [0.1, 0.15) is 23.3 Å². The standard InChI is InChI=1S/C15H18N2O2S2/c1-11-8-9-20-15(11)10-16-12-4-6-14(7-5-12)21(18,19)17-13-2-3-13/h4-9,13,16-17H,2-3,10H2,1H3. The molecule has 1 aromatic heterocycles. The lowest BCUT2D eigenvalue weighted by molar-refractivity contribution is 0.581. The maximum absolute atomic E-state index is 12.1. The average molecular weight is 322 g/mol. The maximum atomic E-state index is 12.1. The molecule has 0 amide bonds. The van der Waals surface area contributed by atoms with Crippen molar-refractivity contribution in [2.24, 2.45) is 0 Å². The van der Waals surface area contributed by atoms with Gasteiger partial charge in [0, 0.05) is 23.2 Å². The Morgan fingerprint density at radius 2 is 1.90 bits per heavy atom. The zero-order valence-electron chi connectivity index (χ0n) is 11.8. The van der Waals surface area contributed by atoms with Crippen LogP contribution in [0.5, 0.6) is 0 Å². The molecule has 6 heteroatoms. The minimum Gasteiger partial charge on any atom is -0.380 e. The Kier molecular flexibility index (Phi) is 4.01. The molecule has 0 radical (unpaired) electrons. The van der Waals surface area contributed by atoms with Crippen molar-refractivity contribution < 1.29 is 8.42 Å². The van der Waals surface area contributed by atoms with Crippen LogP contribution in [0.25, 0.3) is 0 Å². The summed E-state index contributed by atoms with van der Waals surface area (Å²) in [6.45, 7) is 2.85. The molecular weight excluding hydrogens is 304 g/mol. The number of hydrogen-bond acceptors (Lipinski definition) is 4. The Balaban J connectivity index is 1.65. The Hall–Kier alpha value is -1.37. The van der Waals surface area contributed by atoms with E-state index < -0.39 is 10.0 Å². The lowest BCUT2D eigenvalue weighted by Gasteiger charge is -2.08. The molecule has 0 bridgehead atoms. The molecule has 2 N–H and O–H groups in total. The molecule has 0 saturated heterocycles. The molecule has 1 fully saturated rings. The number of nitrogens with one attached hydrogen (secondary N) is 2. The third-order valence-corrected chi connectivity index (χ3v) is 6.04. The van der Waals surface area contributed by atoms with Crippen molar-refractivity contribution in [2.45, 2.75) is 37.2 Å². The summed E-state index contributed by atoms with van der Waals surface area (Å²) in [5.41, 5.74) is 2.20. The Labute approximate surface area is 129 Å². The van der Waals surface area contributed by atoms with Crippen LogP contribution in [0.15, 0.2) is 40.6 Å². The van der Waals surface area contributed by atoms with Gasteiger partial charge in [0.1, 0.15) is 0 Å². The molecule has 0 spiro atoms. The van der Waals surface area contributed by atoms with Crippen molar-refractivity contribution in [3.05, 3.63) is 46.2 Å². The van der Waals surface area contributed by atoms with E-state index in [1.165, 1.54) is 10.4 Å². The van der Waals surface area contributed by atoms with E-state index in [0.29, 0.717) is 4.90 Å². The molecule has 1 aliphatic rings. The van der Waals surface area contributed by atoms with Gasteiger partial charge in [-0.3, -0.25) is 0 Å². The van der Waals surface area contributed by atoms with Crippen molar-refractivity contribution in [1.29, 1.82) is 0 Å². The molecule has 1 saturated carbocycles. The lowest BCUT2D eigenvalue weighted by atomic mass is 10.2. The normalized spacial score (nSPS) is 15.1. The van der Waals surface area contributed by atoms with Gasteiger partial charge in [0.25, 0.3) is 0 Å². The van der Waals surface area contributed by atoms with E-state index in [4.69, 9.17) is 0 Å². The van der Waals surface area contributed by atoms with Crippen molar-refractivity contribution in [1.82, 2.24) is 4.72 Å². The highest BCUT2D eigenvalue weighted by Gasteiger charge is 2.27. The Bertz CT molecular complexity index is 716. The van der Waals surface area contributed by atoms with Crippen LogP contribution < -0.4 is 10.0 Å². The predicted octanol–water partition coefficient (Wildman–Crippen LogP) is 3.11. The minimum atomic E-state index is -3.35. The second-order valence-corrected chi connectivity index (χ2v) is 8.01. The molecule has 2 aromatic rings. The van der Waals surface area contributed by atoms with Gasteiger partial charge in [-0.1, -0.05) is 0 Å². The van der Waals surface area contributed by atoms with Gasteiger partial charge in [-0.05, 0) is 61.0 Å². The van der Waals surface area contributed by atoms with E-state index >= 15 is 0 Å². The summed E-state index contributed by atoms with van der Waals surface area (Å²) < 4.78 is 26.8. The summed E-state index contributed by atoms with van der Waals surface area (Å²) in [7, 11) is -3.35. The van der Waals surface area contributed by atoms with Crippen molar-refractivity contribution in [2.75, 3.05) is 5.32 Å². The van der Waals surface area contributed by atoms with Crippen molar-refractivity contribution >= 4 is 27.0 Å². The monoisotopic (exact) mass is 322 g/mol. The number of benzene rings is 1. The van der Waals surface area contributed by atoms with Crippen LogP contribution in [0.2, 0.25) is 0 Å². The number of anilines is 1. The van der Waals surface area contributed by atoms with E-state index in [1.807, 2.05) is 12.1 Å². The van der Waals surface area contributed by atoms with Crippen LogP contribution >= 0.6 is 11.3 Å². The van der Waals surface area contributed by atoms with E-state index in [1.54, 1.807) is 23.5 Å². The highest BCUT2D eigenvalue weighted by Crippen LogP contribution is 2.23. The zero-order chi connectivity index (χ0) is 14.9. The molecule has 0 atom stereocenters.